The summed E-state index contributed by atoms with van der Waals surface area (Å²) in [6, 6.07) is 9.22. The van der Waals surface area contributed by atoms with Crippen molar-refractivity contribution < 1.29 is 0 Å². The third-order valence-corrected chi connectivity index (χ3v) is 1.92. The Morgan fingerprint density at radius 1 is 1.31 bits per heavy atom. The maximum atomic E-state index is 8.81. The van der Waals surface area contributed by atoms with Crippen molar-refractivity contribution in [3.63, 3.8) is 0 Å². The zero-order valence-electron chi connectivity index (χ0n) is 6.86. The number of nitrogens with two attached hydrogens (primary N) is 1. The van der Waals surface area contributed by atoms with E-state index in [1.807, 2.05) is 12.1 Å². The van der Waals surface area contributed by atoms with Crippen molar-refractivity contribution in [1.82, 2.24) is 4.98 Å². The molecule has 0 aliphatic heterocycles. The highest BCUT2D eigenvalue weighted by atomic mass is 14.7. The summed E-state index contributed by atoms with van der Waals surface area (Å²) in [6.07, 6.45) is 1.59. The first-order chi connectivity index (χ1) is 6.33. The number of rotatable bonds is 0. The molecule has 1 aromatic carbocycles. The Morgan fingerprint density at radius 3 is 2.92 bits per heavy atom. The molecule has 0 fully saturated rings. The number of fused-ring (bicyclic) bond motifs is 1. The number of benzene rings is 1. The quantitative estimate of drug-likeness (QED) is 0.610. The van der Waals surface area contributed by atoms with Crippen LogP contribution >= 0.6 is 0 Å². The average Bonchev–Trinajstić information content (AvgIpc) is 2.18. The fraction of sp³-hybridized carbons (Fsp3) is 0. The highest BCUT2D eigenvalue weighted by molar-refractivity contribution is 5.92. The van der Waals surface area contributed by atoms with Gasteiger partial charge in [-0.25, -0.2) is 0 Å². The molecular weight excluding hydrogens is 162 g/mol. The Labute approximate surface area is 75.4 Å². The predicted octanol–water partition coefficient (Wildman–Crippen LogP) is 1.69. The Bertz CT molecular complexity index is 497. The molecular formula is C10H7N3. The minimum atomic E-state index is 0.606. The van der Waals surface area contributed by atoms with Crippen LogP contribution in [0.4, 0.5) is 5.69 Å². The summed E-state index contributed by atoms with van der Waals surface area (Å²) in [4.78, 5) is 4.11. The van der Waals surface area contributed by atoms with Crippen LogP contribution in [0.2, 0.25) is 0 Å². The van der Waals surface area contributed by atoms with Crippen molar-refractivity contribution in [2.45, 2.75) is 0 Å². The minimum absolute atomic E-state index is 0.606. The largest absolute Gasteiger partial charge is 0.397 e. The van der Waals surface area contributed by atoms with E-state index in [0.717, 1.165) is 5.39 Å². The van der Waals surface area contributed by atoms with Crippen LogP contribution in [0.3, 0.4) is 0 Å². The Kier molecular flexibility index (Phi) is 1.60. The second-order valence-corrected chi connectivity index (χ2v) is 2.71. The van der Waals surface area contributed by atoms with Crippen LogP contribution in [-0.4, -0.2) is 4.98 Å². The molecule has 3 nitrogen and oxygen atoms in total. The molecule has 2 N–H and O–H groups in total. The van der Waals surface area contributed by atoms with Gasteiger partial charge in [-0.15, -0.1) is 0 Å². The zero-order valence-corrected chi connectivity index (χ0v) is 6.86. The highest BCUT2D eigenvalue weighted by Gasteiger charge is 2.02. The van der Waals surface area contributed by atoms with Gasteiger partial charge in [-0.2, -0.15) is 5.26 Å². The van der Waals surface area contributed by atoms with E-state index in [-0.39, 0.29) is 0 Å². The van der Waals surface area contributed by atoms with Crippen LogP contribution in [0.15, 0.2) is 30.5 Å². The number of nitrogen functional groups attached to an aromatic ring is 1. The summed E-state index contributed by atoms with van der Waals surface area (Å²) in [5.41, 5.74) is 7.62. The maximum Gasteiger partial charge on any atom is 0.0999 e. The van der Waals surface area contributed by atoms with Crippen LogP contribution in [0.5, 0.6) is 0 Å². The van der Waals surface area contributed by atoms with Gasteiger partial charge in [0.2, 0.25) is 0 Å². The first kappa shape index (κ1) is 7.56. The van der Waals surface area contributed by atoms with Gasteiger partial charge in [0.05, 0.1) is 22.8 Å². The topological polar surface area (TPSA) is 62.7 Å². The van der Waals surface area contributed by atoms with Gasteiger partial charge >= 0.3 is 0 Å². The lowest BCUT2D eigenvalue weighted by molar-refractivity contribution is 1.39. The molecule has 1 heterocycles. The van der Waals surface area contributed by atoms with Crippen molar-refractivity contribution in [1.29, 1.82) is 5.26 Å². The van der Waals surface area contributed by atoms with Gasteiger partial charge in [0, 0.05) is 11.6 Å². The number of para-hydroxylation sites is 1. The summed E-state index contributed by atoms with van der Waals surface area (Å²) >= 11 is 0. The van der Waals surface area contributed by atoms with Gasteiger partial charge < -0.3 is 5.73 Å². The molecule has 0 aliphatic carbocycles. The average molecular weight is 169 g/mol. The van der Waals surface area contributed by atoms with Crippen molar-refractivity contribution in [3.8, 4) is 6.07 Å². The van der Waals surface area contributed by atoms with Gasteiger partial charge in [0.15, 0.2) is 0 Å². The van der Waals surface area contributed by atoms with Crippen LogP contribution in [0.1, 0.15) is 5.56 Å². The van der Waals surface area contributed by atoms with Gasteiger partial charge in [0.1, 0.15) is 0 Å². The normalized spacial score (nSPS) is 9.77. The van der Waals surface area contributed by atoms with E-state index in [2.05, 4.69) is 11.1 Å². The summed E-state index contributed by atoms with van der Waals surface area (Å²) in [5, 5.41) is 9.62. The van der Waals surface area contributed by atoms with Crippen LogP contribution < -0.4 is 5.73 Å². The van der Waals surface area contributed by atoms with E-state index < -0.39 is 0 Å². The third-order valence-electron chi connectivity index (χ3n) is 1.92. The number of hydrogen-bond acceptors (Lipinski definition) is 3. The molecule has 3 heteroatoms. The molecule has 0 spiro atoms. The summed E-state index contributed by atoms with van der Waals surface area (Å²) in [7, 11) is 0. The molecule has 0 aliphatic rings. The van der Waals surface area contributed by atoms with Gasteiger partial charge in [0.25, 0.3) is 0 Å². The molecule has 0 unspecified atom stereocenters. The molecule has 62 valence electrons. The monoisotopic (exact) mass is 169 g/mol. The summed E-state index contributed by atoms with van der Waals surface area (Å²) in [6.45, 7) is 0. The molecule has 13 heavy (non-hydrogen) atoms. The second-order valence-electron chi connectivity index (χ2n) is 2.71. The smallest absolute Gasteiger partial charge is 0.0999 e. The molecule has 0 saturated heterocycles. The van der Waals surface area contributed by atoms with Crippen LogP contribution in [-0.2, 0) is 0 Å². The van der Waals surface area contributed by atoms with E-state index in [4.69, 9.17) is 11.0 Å². The van der Waals surface area contributed by atoms with E-state index >= 15 is 0 Å². The Morgan fingerprint density at radius 2 is 2.15 bits per heavy atom. The maximum absolute atomic E-state index is 8.81. The lowest BCUT2D eigenvalue weighted by atomic mass is 10.1. The van der Waals surface area contributed by atoms with Gasteiger partial charge in [-0.1, -0.05) is 12.1 Å². The standard InChI is InChI=1S/C10H7N3/c11-6-7-4-5-13-10-8(7)2-1-3-9(10)12/h1-5H,12H2. The van der Waals surface area contributed by atoms with Crippen LogP contribution in [0.25, 0.3) is 10.9 Å². The van der Waals surface area contributed by atoms with E-state index in [9.17, 15) is 0 Å². The van der Waals surface area contributed by atoms with Crippen molar-refractivity contribution in [2.24, 2.45) is 0 Å². The lowest BCUT2D eigenvalue weighted by Crippen LogP contribution is -1.90. The highest BCUT2D eigenvalue weighted by Crippen LogP contribution is 2.20. The summed E-state index contributed by atoms with van der Waals surface area (Å²) < 4.78 is 0. The van der Waals surface area contributed by atoms with Gasteiger partial charge in [-0.05, 0) is 12.1 Å². The number of pyridine rings is 1. The lowest BCUT2D eigenvalue weighted by Gasteiger charge is -2.00. The number of nitriles is 1. The van der Waals surface area contributed by atoms with Crippen molar-refractivity contribution in [3.05, 3.63) is 36.0 Å². The fourth-order valence-electron chi connectivity index (χ4n) is 1.30. The summed E-state index contributed by atoms with van der Waals surface area (Å²) in [5.74, 6) is 0. The fourth-order valence-corrected chi connectivity index (χ4v) is 1.30. The van der Waals surface area contributed by atoms with E-state index in [1.54, 1.807) is 18.3 Å². The van der Waals surface area contributed by atoms with Crippen LogP contribution in [0, 0.1) is 11.3 Å². The molecule has 0 saturated carbocycles. The zero-order chi connectivity index (χ0) is 9.26. The molecule has 2 rings (SSSR count). The molecule has 2 aromatic rings. The minimum Gasteiger partial charge on any atom is -0.397 e. The predicted molar refractivity (Wildman–Crippen MR) is 50.9 cm³/mol. The molecule has 0 radical (unpaired) electrons. The molecule has 0 bridgehead atoms. The number of hydrogen-bond donors (Lipinski definition) is 1. The van der Waals surface area contributed by atoms with E-state index in [1.165, 1.54) is 0 Å². The van der Waals surface area contributed by atoms with Crippen molar-refractivity contribution >= 4 is 16.6 Å². The number of nitrogens with zero attached hydrogens (tertiary/aromatic N) is 2. The Balaban J connectivity index is 2.94. The second kappa shape index (κ2) is 2.76. The van der Waals surface area contributed by atoms with Crippen molar-refractivity contribution in [2.75, 3.05) is 5.73 Å². The van der Waals surface area contributed by atoms with Gasteiger partial charge in [-0.3, -0.25) is 4.98 Å². The molecule has 0 atom stereocenters. The Hall–Kier alpha value is -2.08. The number of aromatic nitrogens is 1. The third kappa shape index (κ3) is 1.09. The van der Waals surface area contributed by atoms with E-state index in [0.29, 0.717) is 16.8 Å². The molecule has 0 amide bonds. The number of anilines is 1. The first-order valence-corrected chi connectivity index (χ1v) is 3.86. The first-order valence-electron chi connectivity index (χ1n) is 3.86. The molecule has 1 aromatic heterocycles. The SMILES string of the molecule is N#Cc1ccnc2c(N)cccc12.